The van der Waals surface area contributed by atoms with Crippen LogP contribution in [0.2, 0.25) is 0 Å². The molecule has 0 aliphatic carbocycles. The predicted octanol–water partition coefficient (Wildman–Crippen LogP) is 3.01. The standard InChI is InChI=1S/C14H19N3O2/c1-14(2,7-4-8-15)11-16-10-12-5-3-6-13(9-12)17(18)19/h3,5-6,9,16H,4,7,10-11H2,1-2H3. The topological polar surface area (TPSA) is 79.0 Å². The molecular formula is C14H19N3O2. The van der Waals surface area contributed by atoms with E-state index in [2.05, 4.69) is 25.2 Å². The van der Waals surface area contributed by atoms with Gasteiger partial charge in [-0.1, -0.05) is 26.0 Å². The van der Waals surface area contributed by atoms with Crippen LogP contribution >= 0.6 is 0 Å². The quantitative estimate of drug-likeness (QED) is 0.604. The van der Waals surface area contributed by atoms with Crippen molar-refractivity contribution in [1.29, 1.82) is 5.26 Å². The first-order chi connectivity index (χ1) is 8.94. The van der Waals surface area contributed by atoms with E-state index < -0.39 is 0 Å². The third kappa shape index (κ3) is 5.49. The van der Waals surface area contributed by atoms with Crippen LogP contribution < -0.4 is 5.32 Å². The van der Waals surface area contributed by atoms with Gasteiger partial charge in [-0.3, -0.25) is 10.1 Å². The third-order valence-corrected chi connectivity index (χ3v) is 2.97. The second kappa shape index (κ2) is 6.86. The maximum atomic E-state index is 10.7. The first kappa shape index (κ1) is 15.1. The van der Waals surface area contributed by atoms with Gasteiger partial charge >= 0.3 is 0 Å². The molecule has 5 nitrogen and oxygen atoms in total. The fraction of sp³-hybridized carbons (Fsp3) is 0.500. The highest BCUT2D eigenvalue weighted by molar-refractivity contribution is 5.34. The number of hydrogen-bond acceptors (Lipinski definition) is 4. The molecule has 1 aromatic carbocycles. The molecule has 0 radical (unpaired) electrons. The fourth-order valence-electron chi connectivity index (χ4n) is 1.81. The summed E-state index contributed by atoms with van der Waals surface area (Å²) in [6, 6.07) is 8.77. The smallest absolute Gasteiger partial charge is 0.269 e. The van der Waals surface area contributed by atoms with Gasteiger partial charge in [0, 0.05) is 31.6 Å². The molecule has 1 rings (SSSR count). The minimum Gasteiger partial charge on any atom is -0.312 e. The number of nitro benzene ring substituents is 1. The molecule has 0 atom stereocenters. The molecule has 19 heavy (non-hydrogen) atoms. The van der Waals surface area contributed by atoms with E-state index in [-0.39, 0.29) is 16.0 Å². The SMILES string of the molecule is CC(C)(CCC#N)CNCc1cccc([N+](=O)[O-])c1. The number of rotatable bonds is 7. The van der Waals surface area contributed by atoms with Gasteiger partial charge in [0.05, 0.1) is 11.0 Å². The van der Waals surface area contributed by atoms with Crippen molar-refractivity contribution in [3.05, 3.63) is 39.9 Å². The molecule has 0 heterocycles. The van der Waals surface area contributed by atoms with Crippen molar-refractivity contribution >= 4 is 5.69 Å². The Kier molecular flexibility index (Phi) is 5.46. The Morgan fingerprint density at radius 3 is 2.84 bits per heavy atom. The summed E-state index contributed by atoms with van der Waals surface area (Å²) in [4.78, 5) is 10.3. The number of hydrogen-bond donors (Lipinski definition) is 1. The molecule has 0 spiro atoms. The van der Waals surface area contributed by atoms with Gasteiger partial charge in [-0.05, 0) is 17.4 Å². The molecule has 0 unspecified atom stereocenters. The van der Waals surface area contributed by atoms with Gasteiger partial charge in [0.15, 0.2) is 0 Å². The molecule has 1 N–H and O–H groups in total. The molecular weight excluding hydrogens is 242 g/mol. The van der Waals surface area contributed by atoms with Crippen LogP contribution in [0.3, 0.4) is 0 Å². The van der Waals surface area contributed by atoms with Gasteiger partial charge in [0.1, 0.15) is 0 Å². The molecule has 0 bridgehead atoms. The van der Waals surface area contributed by atoms with Crippen LogP contribution in [0, 0.1) is 26.9 Å². The number of nitrogens with one attached hydrogen (secondary N) is 1. The number of non-ortho nitro benzene ring substituents is 1. The highest BCUT2D eigenvalue weighted by Gasteiger charge is 2.16. The van der Waals surface area contributed by atoms with Gasteiger partial charge in [-0.2, -0.15) is 5.26 Å². The molecule has 0 amide bonds. The Balaban J connectivity index is 2.47. The van der Waals surface area contributed by atoms with Crippen LogP contribution in [0.5, 0.6) is 0 Å². The van der Waals surface area contributed by atoms with E-state index in [1.165, 1.54) is 6.07 Å². The second-order valence-corrected chi connectivity index (χ2v) is 5.35. The van der Waals surface area contributed by atoms with E-state index in [0.717, 1.165) is 18.5 Å². The molecule has 102 valence electrons. The number of nitrogens with zero attached hydrogens (tertiary/aromatic N) is 2. The number of benzene rings is 1. The average Bonchev–Trinajstić information content (AvgIpc) is 2.36. The van der Waals surface area contributed by atoms with E-state index in [1.807, 2.05) is 6.07 Å². The van der Waals surface area contributed by atoms with Crippen LogP contribution in [0.1, 0.15) is 32.3 Å². The van der Waals surface area contributed by atoms with Crippen LogP contribution in [0.25, 0.3) is 0 Å². The lowest BCUT2D eigenvalue weighted by molar-refractivity contribution is -0.384. The van der Waals surface area contributed by atoms with E-state index >= 15 is 0 Å². The summed E-state index contributed by atoms with van der Waals surface area (Å²) in [6.07, 6.45) is 1.39. The van der Waals surface area contributed by atoms with Crippen molar-refractivity contribution in [2.75, 3.05) is 6.54 Å². The van der Waals surface area contributed by atoms with E-state index in [9.17, 15) is 10.1 Å². The van der Waals surface area contributed by atoms with Crippen molar-refractivity contribution in [3.8, 4) is 6.07 Å². The van der Waals surface area contributed by atoms with Gasteiger partial charge < -0.3 is 5.32 Å². The second-order valence-electron chi connectivity index (χ2n) is 5.35. The molecule has 0 aromatic heterocycles. The van der Waals surface area contributed by atoms with Crippen LogP contribution in [0.15, 0.2) is 24.3 Å². The Bertz CT molecular complexity index is 478. The zero-order valence-electron chi connectivity index (χ0n) is 11.3. The lowest BCUT2D eigenvalue weighted by Gasteiger charge is -2.23. The van der Waals surface area contributed by atoms with Crippen molar-refractivity contribution < 1.29 is 4.92 Å². The summed E-state index contributed by atoms with van der Waals surface area (Å²) in [6.45, 7) is 5.57. The van der Waals surface area contributed by atoms with Gasteiger partial charge in [0.25, 0.3) is 5.69 Å². The number of nitriles is 1. The van der Waals surface area contributed by atoms with Gasteiger partial charge in [-0.15, -0.1) is 0 Å². The van der Waals surface area contributed by atoms with Gasteiger partial charge in [-0.25, -0.2) is 0 Å². The largest absolute Gasteiger partial charge is 0.312 e. The van der Waals surface area contributed by atoms with Crippen molar-refractivity contribution in [3.63, 3.8) is 0 Å². The summed E-state index contributed by atoms with van der Waals surface area (Å²) in [5.74, 6) is 0. The normalized spacial score (nSPS) is 11.0. The van der Waals surface area contributed by atoms with E-state index in [0.29, 0.717) is 13.0 Å². The monoisotopic (exact) mass is 261 g/mol. The van der Waals surface area contributed by atoms with Crippen molar-refractivity contribution in [1.82, 2.24) is 5.32 Å². The zero-order chi connectivity index (χ0) is 14.3. The summed E-state index contributed by atoms with van der Waals surface area (Å²) in [5.41, 5.74) is 1.06. The Morgan fingerprint density at radius 2 is 2.21 bits per heavy atom. The summed E-state index contributed by atoms with van der Waals surface area (Å²) >= 11 is 0. The molecule has 0 fully saturated rings. The molecule has 1 aromatic rings. The summed E-state index contributed by atoms with van der Waals surface area (Å²) in [7, 11) is 0. The van der Waals surface area contributed by atoms with Gasteiger partial charge in [0.2, 0.25) is 0 Å². The molecule has 0 saturated heterocycles. The van der Waals surface area contributed by atoms with Crippen LogP contribution in [-0.4, -0.2) is 11.5 Å². The maximum Gasteiger partial charge on any atom is 0.269 e. The van der Waals surface area contributed by atoms with Crippen LogP contribution in [0.4, 0.5) is 5.69 Å². The minimum absolute atomic E-state index is 0.0520. The highest BCUT2D eigenvalue weighted by atomic mass is 16.6. The number of nitro groups is 1. The van der Waals surface area contributed by atoms with E-state index in [4.69, 9.17) is 5.26 Å². The summed E-state index contributed by atoms with van der Waals surface area (Å²) < 4.78 is 0. The average molecular weight is 261 g/mol. The Morgan fingerprint density at radius 1 is 1.47 bits per heavy atom. The minimum atomic E-state index is -0.389. The Labute approximate surface area is 113 Å². The third-order valence-electron chi connectivity index (χ3n) is 2.97. The summed E-state index contributed by atoms with van der Waals surface area (Å²) in [5, 5.41) is 22.5. The molecule has 0 saturated carbocycles. The molecule has 0 aliphatic heterocycles. The van der Waals surface area contributed by atoms with Crippen molar-refractivity contribution in [2.45, 2.75) is 33.2 Å². The van der Waals surface area contributed by atoms with Crippen molar-refractivity contribution in [2.24, 2.45) is 5.41 Å². The lowest BCUT2D eigenvalue weighted by atomic mass is 9.88. The first-order valence-electron chi connectivity index (χ1n) is 6.26. The first-order valence-corrected chi connectivity index (χ1v) is 6.26. The molecule has 5 heteroatoms. The highest BCUT2D eigenvalue weighted by Crippen LogP contribution is 2.21. The van der Waals surface area contributed by atoms with Crippen LogP contribution in [-0.2, 0) is 6.54 Å². The fourth-order valence-corrected chi connectivity index (χ4v) is 1.81. The zero-order valence-corrected chi connectivity index (χ0v) is 11.3. The Hall–Kier alpha value is -1.93. The maximum absolute atomic E-state index is 10.7. The lowest BCUT2D eigenvalue weighted by Crippen LogP contribution is -2.29. The van der Waals surface area contributed by atoms with E-state index in [1.54, 1.807) is 12.1 Å². The predicted molar refractivity (Wildman–Crippen MR) is 73.4 cm³/mol. The molecule has 0 aliphatic rings.